The van der Waals surface area contributed by atoms with Crippen LogP contribution >= 0.6 is 0 Å². The number of carbonyl (C=O) groups excluding carboxylic acids is 1. The second kappa shape index (κ2) is 7.66. The van der Waals surface area contributed by atoms with Crippen LogP contribution in [0.4, 0.5) is 4.39 Å². The van der Waals surface area contributed by atoms with E-state index in [2.05, 4.69) is 10.6 Å². The highest BCUT2D eigenvalue weighted by Gasteiger charge is 2.30. The van der Waals surface area contributed by atoms with Crippen molar-refractivity contribution in [2.75, 3.05) is 6.54 Å². The topological polar surface area (TPSA) is 78.4 Å². The highest BCUT2D eigenvalue weighted by molar-refractivity contribution is 5.96. The van der Waals surface area contributed by atoms with Crippen LogP contribution in [0, 0.1) is 12.7 Å². The predicted molar refractivity (Wildman–Crippen MR) is 95.7 cm³/mol. The fraction of sp³-hybridized carbons (Fsp3) is 0.300. The van der Waals surface area contributed by atoms with E-state index >= 15 is 0 Å². The summed E-state index contributed by atoms with van der Waals surface area (Å²) in [5, 5.41) is 14.8. The fourth-order valence-electron chi connectivity index (χ4n) is 3.16. The van der Waals surface area contributed by atoms with E-state index < -0.39 is 12.0 Å². The van der Waals surface area contributed by atoms with E-state index in [1.807, 2.05) is 18.2 Å². The number of carboxylic acids is 1. The molecule has 1 saturated heterocycles. The lowest BCUT2D eigenvalue weighted by molar-refractivity contribution is -0.139. The van der Waals surface area contributed by atoms with Gasteiger partial charge in [-0.1, -0.05) is 30.3 Å². The van der Waals surface area contributed by atoms with Crippen molar-refractivity contribution in [3.05, 3.63) is 70.5 Å². The van der Waals surface area contributed by atoms with Crippen LogP contribution in [0.3, 0.4) is 0 Å². The van der Waals surface area contributed by atoms with E-state index in [1.54, 1.807) is 25.1 Å². The van der Waals surface area contributed by atoms with Crippen LogP contribution in [0.1, 0.15) is 33.5 Å². The van der Waals surface area contributed by atoms with Crippen LogP contribution in [-0.2, 0) is 11.2 Å². The summed E-state index contributed by atoms with van der Waals surface area (Å²) >= 11 is 0. The number of aryl methyl sites for hydroxylation is 1. The largest absolute Gasteiger partial charge is 0.480 e. The van der Waals surface area contributed by atoms with Gasteiger partial charge in [-0.05, 0) is 48.6 Å². The van der Waals surface area contributed by atoms with Gasteiger partial charge in [0.05, 0.1) is 0 Å². The van der Waals surface area contributed by atoms with Crippen molar-refractivity contribution in [2.24, 2.45) is 0 Å². The number of rotatable bonds is 5. The SMILES string of the molecule is Cc1ccc(Cc2ccccc2C(=O)N[C@@H]2CN[C@H](C(=O)O)C2)cc1F. The Bertz CT molecular complexity index is 838. The van der Waals surface area contributed by atoms with Crippen LogP contribution in [-0.4, -0.2) is 35.6 Å². The van der Waals surface area contributed by atoms with Gasteiger partial charge in [-0.25, -0.2) is 4.39 Å². The van der Waals surface area contributed by atoms with Gasteiger partial charge < -0.3 is 15.7 Å². The molecule has 0 radical (unpaired) electrons. The molecule has 0 saturated carbocycles. The van der Waals surface area contributed by atoms with Crippen molar-refractivity contribution in [1.29, 1.82) is 0 Å². The van der Waals surface area contributed by atoms with Crippen LogP contribution in [0.15, 0.2) is 42.5 Å². The molecule has 2 aromatic carbocycles. The summed E-state index contributed by atoms with van der Waals surface area (Å²) in [5.74, 6) is -1.42. The molecule has 3 rings (SSSR count). The molecule has 0 aromatic heterocycles. The number of aliphatic carboxylic acids is 1. The van der Waals surface area contributed by atoms with E-state index in [4.69, 9.17) is 5.11 Å². The number of benzene rings is 2. The minimum absolute atomic E-state index is 0.228. The zero-order valence-corrected chi connectivity index (χ0v) is 14.5. The highest BCUT2D eigenvalue weighted by Crippen LogP contribution is 2.18. The van der Waals surface area contributed by atoms with Gasteiger partial charge >= 0.3 is 5.97 Å². The van der Waals surface area contributed by atoms with Gasteiger partial charge in [0.1, 0.15) is 11.9 Å². The third-order valence-electron chi connectivity index (χ3n) is 4.66. The zero-order valence-electron chi connectivity index (χ0n) is 14.5. The number of nitrogens with one attached hydrogen (secondary N) is 2. The first kappa shape index (κ1) is 18.1. The Hall–Kier alpha value is -2.73. The average molecular weight is 356 g/mol. The van der Waals surface area contributed by atoms with Crippen LogP contribution in [0.2, 0.25) is 0 Å². The molecular formula is C20H21FN2O3. The van der Waals surface area contributed by atoms with E-state index in [0.717, 1.165) is 11.1 Å². The Balaban J connectivity index is 1.73. The van der Waals surface area contributed by atoms with E-state index in [9.17, 15) is 14.0 Å². The van der Waals surface area contributed by atoms with Crippen LogP contribution < -0.4 is 10.6 Å². The van der Waals surface area contributed by atoms with Crippen molar-refractivity contribution in [3.8, 4) is 0 Å². The zero-order chi connectivity index (χ0) is 18.7. The first-order valence-electron chi connectivity index (χ1n) is 8.54. The Morgan fingerprint density at radius 1 is 1.27 bits per heavy atom. The van der Waals surface area contributed by atoms with Gasteiger partial charge in [0.25, 0.3) is 5.91 Å². The molecule has 1 aliphatic rings. The Labute approximate surface area is 151 Å². The molecule has 136 valence electrons. The third kappa shape index (κ3) is 4.08. The summed E-state index contributed by atoms with van der Waals surface area (Å²) in [4.78, 5) is 23.7. The Morgan fingerprint density at radius 3 is 2.73 bits per heavy atom. The minimum Gasteiger partial charge on any atom is -0.480 e. The maximum Gasteiger partial charge on any atom is 0.320 e. The van der Waals surface area contributed by atoms with Crippen molar-refractivity contribution in [2.45, 2.75) is 31.8 Å². The van der Waals surface area contributed by atoms with Gasteiger partial charge in [-0.3, -0.25) is 9.59 Å². The lowest BCUT2D eigenvalue weighted by atomic mass is 9.98. The van der Waals surface area contributed by atoms with Gasteiger partial charge in [0.2, 0.25) is 0 Å². The fourth-order valence-corrected chi connectivity index (χ4v) is 3.16. The Morgan fingerprint density at radius 2 is 2.04 bits per heavy atom. The minimum atomic E-state index is -0.913. The first-order chi connectivity index (χ1) is 12.4. The van der Waals surface area contributed by atoms with Crippen molar-refractivity contribution in [1.82, 2.24) is 10.6 Å². The van der Waals surface area contributed by atoms with Gasteiger partial charge in [0, 0.05) is 18.2 Å². The van der Waals surface area contributed by atoms with Crippen LogP contribution in [0.25, 0.3) is 0 Å². The van der Waals surface area contributed by atoms with E-state index in [0.29, 0.717) is 30.5 Å². The molecule has 0 spiro atoms. The maximum atomic E-state index is 13.8. The number of amides is 1. The molecule has 1 fully saturated rings. The molecule has 0 bridgehead atoms. The third-order valence-corrected chi connectivity index (χ3v) is 4.66. The van der Waals surface area contributed by atoms with Gasteiger partial charge in [-0.15, -0.1) is 0 Å². The van der Waals surface area contributed by atoms with Crippen molar-refractivity contribution >= 4 is 11.9 Å². The lowest BCUT2D eigenvalue weighted by Gasteiger charge is -2.14. The molecular weight excluding hydrogens is 335 g/mol. The summed E-state index contributed by atoms with van der Waals surface area (Å²) in [7, 11) is 0. The van der Waals surface area contributed by atoms with Gasteiger partial charge in [-0.2, -0.15) is 0 Å². The molecule has 3 N–H and O–H groups in total. The monoisotopic (exact) mass is 356 g/mol. The van der Waals surface area contributed by atoms with Crippen LogP contribution in [0.5, 0.6) is 0 Å². The summed E-state index contributed by atoms with van der Waals surface area (Å²) in [5.41, 5.74) is 2.70. The quantitative estimate of drug-likeness (QED) is 0.768. The molecule has 26 heavy (non-hydrogen) atoms. The van der Waals surface area contributed by atoms with E-state index in [-0.39, 0.29) is 17.8 Å². The number of carbonyl (C=O) groups is 2. The molecule has 2 atom stereocenters. The summed E-state index contributed by atoms with van der Waals surface area (Å²) < 4.78 is 13.8. The standard InChI is InChI=1S/C20H21FN2O3/c1-12-6-7-13(9-17(12)21)8-14-4-2-3-5-16(14)19(24)23-15-10-18(20(25)26)22-11-15/h2-7,9,15,18,22H,8,10-11H2,1H3,(H,23,24)(H,25,26)/t15-,18-/m0/s1. The summed E-state index contributed by atoms with van der Waals surface area (Å²) in [6.07, 6.45) is 0.799. The summed E-state index contributed by atoms with van der Waals surface area (Å²) in [6, 6.07) is 11.4. The normalized spacial score (nSPS) is 19.3. The number of halogens is 1. The van der Waals surface area contributed by atoms with E-state index in [1.165, 1.54) is 6.07 Å². The predicted octanol–water partition coefficient (Wildman–Crippen LogP) is 2.27. The Kier molecular flexibility index (Phi) is 5.32. The van der Waals surface area contributed by atoms with Crippen molar-refractivity contribution < 1.29 is 19.1 Å². The molecule has 1 amide bonds. The number of carboxylic acid groups (broad SMARTS) is 1. The molecule has 5 nitrogen and oxygen atoms in total. The van der Waals surface area contributed by atoms with Gasteiger partial charge in [0.15, 0.2) is 0 Å². The average Bonchev–Trinajstić information content (AvgIpc) is 3.07. The molecule has 6 heteroatoms. The summed E-state index contributed by atoms with van der Waals surface area (Å²) in [6.45, 7) is 2.13. The number of hydrogen-bond acceptors (Lipinski definition) is 3. The molecule has 0 aliphatic carbocycles. The smallest absolute Gasteiger partial charge is 0.320 e. The molecule has 1 heterocycles. The molecule has 2 aromatic rings. The van der Waals surface area contributed by atoms with Crippen molar-refractivity contribution in [3.63, 3.8) is 0 Å². The second-order valence-corrected chi connectivity index (χ2v) is 6.62. The second-order valence-electron chi connectivity index (χ2n) is 6.62. The molecule has 1 aliphatic heterocycles. The molecule has 0 unspecified atom stereocenters. The lowest BCUT2D eigenvalue weighted by Crippen LogP contribution is -2.36. The first-order valence-corrected chi connectivity index (χ1v) is 8.54. The maximum absolute atomic E-state index is 13.8. The number of hydrogen-bond donors (Lipinski definition) is 3. The highest BCUT2D eigenvalue weighted by atomic mass is 19.1.